The van der Waals surface area contributed by atoms with E-state index in [4.69, 9.17) is 4.74 Å². The zero-order valence-electron chi connectivity index (χ0n) is 14.5. The number of esters is 1. The number of amides is 1. The molecule has 1 unspecified atom stereocenters. The summed E-state index contributed by atoms with van der Waals surface area (Å²) in [6.07, 6.45) is 1.92. The second-order valence-corrected chi connectivity index (χ2v) is 6.17. The van der Waals surface area contributed by atoms with Crippen LogP contribution in [0.3, 0.4) is 0 Å². The van der Waals surface area contributed by atoms with Gasteiger partial charge in [0.2, 0.25) is 0 Å². The molecule has 0 radical (unpaired) electrons. The van der Waals surface area contributed by atoms with Gasteiger partial charge in [0.25, 0.3) is 5.91 Å². The molecule has 1 aliphatic heterocycles. The van der Waals surface area contributed by atoms with Crippen molar-refractivity contribution in [1.82, 2.24) is 25.6 Å². The van der Waals surface area contributed by atoms with Crippen LogP contribution in [0.5, 0.6) is 0 Å². The molecule has 1 amide bonds. The molecule has 1 saturated heterocycles. The fraction of sp³-hybridized carbons (Fsp3) is 0.733. The maximum Gasteiger partial charge on any atom is 0.328 e. The maximum absolute atomic E-state index is 12.4. The van der Waals surface area contributed by atoms with Gasteiger partial charge < -0.3 is 15.4 Å². The van der Waals surface area contributed by atoms with Crippen molar-refractivity contribution in [2.75, 3.05) is 20.2 Å². The highest BCUT2D eigenvalue weighted by Crippen LogP contribution is 2.20. The SMILES string of the molecule is COC(=O)C(NC(=O)c1nnn(C2CCNCC2)c1C)C(C)C.Cl. The standard InChI is InChI=1S/C15H25N5O3.ClH/c1-9(2)12(15(22)23-4)17-14(21)13-10(3)20(19-18-13)11-5-7-16-8-6-11;/h9,11-12,16H,5-8H2,1-4H3,(H,17,21);1H. The van der Waals surface area contributed by atoms with Gasteiger partial charge in [-0.15, -0.1) is 17.5 Å². The molecule has 0 aliphatic carbocycles. The molecule has 0 aromatic carbocycles. The number of nitrogens with zero attached hydrogens (tertiary/aromatic N) is 3. The second kappa shape index (κ2) is 8.98. The number of methoxy groups -OCH3 is 1. The van der Waals surface area contributed by atoms with Gasteiger partial charge in [-0.2, -0.15) is 0 Å². The molecule has 24 heavy (non-hydrogen) atoms. The number of nitrogens with one attached hydrogen (secondary N) is 2. The molecule has 2 N–H and O–H groups in total. The number of hydrogen-bond donors (Lipinski definition) is 2. The van der Waals surface area contributed by atoms with Gasteiger partial charge in [-0.25, -0.2) is 9.48 Å². The van der Waals surface area contributed by atoms with E-state index in [1.807, 2.05) is 25.5 Å². The molecule has 2 heterocycles. The topological polar surface area (TPSA) is 98.1 Å². The van der Waals surface area contributed by atoms with Crippen molar-refractivity contribution >= 4 is 24.3 Å². The lowest BCUT2D eigenvalue weighted by Crippen LogP contribution is -2.45. The Morgan fingerprint density at radius 1 is 1.33 bits per heavy atom. The molecule has 1 aromatic heterocycles. The normalized spacial score (nSPS) is 16.4. The molecule has 136 valence electrons. The Hall–Kier alpha value is -1.67. The Morgan fingerprint density at radius 3 is 2.50 bits per heavy atom. The fourth-order valence-electron chi connectivity index (χ4n) is 2.78. The summed E-state index contributed by atoms with van der Waals surface area (Å²) in [7, 11) is 1.31. The molecule has 0 spiro atoms. The predicted molar refractivity (Wildman–Crippen MR) is 91.3 cm³/mol. The molecule has 0 saturated carbocycles. The summed E-state index contributed by atoms with van der Waals surface area (Å²) in [5.41, 5.74) is 0.986. The van der Waals surface area contributed by atoms with E-state index < -0.39 is 17.9 Å². The first-order chi connectivity index (χ1) is 11.0. The van der Waals surface area contributed by atoms with Crippen molar-refractivity contribution in [3.63, 3.8) is 0 Å². The average molecular weight is 360 g/mol. The van der Waals surface area contributed by atoms with Gasteiger partial charge in [-0.05, 0) is 38.8 Å². The minimum Gasteiger partial charge on any atom is -0.467 e. The van der Waals surface area contributed by atoms with Gasteiger partial charge >= 0.3 is 5.97 Å². The zero-order valence-corrected chi connectivity index (χ0v) is 15.4. The fourth-order valence-corrected chi connectivity index (χ4v) is 2.78. The number of piperidine rings is 1. The molecule has 1 fully saturated rings. The monoisotopic (exact) mass is 359 g/mol. The van der Waals surface area contributed by atoms with Crippen LogP contribution in [0.25, 0.3) is 0 Å². The first kappa shape index (κ1) is 20.4. The van der Waals surface area contributed by atoms with E-state index in [0.29, 0.717) is 0 Å². The van der Waals surface area contributed by atoms with E-state index in [2.05, 4.69) is 20.9 Å². The highest BCUT2D eigenvalue weighted by molar-refractivity contribution is 5.96. The highest BCUT2D eigenvalue weighted by Gasteiger charge is 2.28. The Bertz CT molecular complexity index is 569. The van der Waals surface area contributed by atoms with Crippen LogP contribution in [0.1, 0.15) is 48.9 Å². The number of carbonyl (C=O) groups is 2. The van der Waals surface area contributed by atoms with Crippen LogP contribution in [0.15, 0.2) is 0 Å². The molecular formula is C15H26ClN5O3. The lowest BCUT2D eigenvalue weighted by molar-refractivity contribution is -0.144. The highest BCUT2D eigenvalue weighted by atomic mass is 35.5. The summed E-state index contributed by atoms with van der Waals surface area (Å²) in [6, 6.07) is -0.442. The van der Waals surface area contributed by atoms with Crippen molar-refractivity contribution in [2.45, 2.75) is 45.7 Å². The second-order valence-electron chi connectivity index (χ2n) is 6.17. The summed E-state index contributed by atoms with van der Waals surface area (Å²) >= 11 is 0. The van der Waals surface area contributed by atoms with Crippen LogP contribution in [-0.2, 0) is 9.53 Å². The summed E-state index contributed by atoms with van der Waals surface area (Å²) in [5.74, 6) is -0.935. The molecule has 8 nitrogen and oxygen atoms in total. The van der Waals surface area contributed by atoms with Gasteiger partial charge in [-0.1, -0.05) is 19.1 Å². The third kappa shape index (κ3) is 4.45. The minimum atomic E-state index is -0.698. The average Bonchev–Trinajstić information content (AvgIpc) is 2.94. The Morgan fingerprint density at radius 2 is 1.96 bits per heavy atom. The lowest BCUT2D eigenvalue weighted by atomic mass is 10.0. The van der Waals surface area contributed by atoms with Gasteiger partial charge in [-0.3, -0.25) is 4.79 Å². The smallest absolute Gasteiger partial charge is 0.328 e. The number of carbonyl (C=O) groups excluding carboxylic acids is 2. The Kier molecular flexibility index (Phi) is 7.62. The zero-order chi connectivity index (χ0) is 17.0. The molecule has 1 aromatic rings. The van der Waals surface area contributed by atoms with E-state index in [9.17, 15) is 9.59 Å². The van der Waals surface area contributed by atoms with Gasteiger partial charge in [0.05, 0.1) is 18.8 Å². The predicted octanol–water partition coefficient (Wildman–Crippen LogP) is 0.860. The molecule has 1 aliphatic rings. The number of halogens is 1. The van der Waals surface area contributed by atoms with Crippen LogP contribution < -0.4 is 10.6 Å². The Balaban J connectivity index is 0.00000288. The molecule has 0 bridgehead atoms. The van der Waals surface area contributed by atoms with E-state index in [1.165, 1.54) is 7.11 Å². The largest absolute Gasteiger partial charge is 0.467 e. The molecule has 9 heteroatoms. The van der Waals surface area contributed by atoms with Gasteiger partial charge in [0.15, 0.2) is 5.69 Å². The van der Waals surface area contributed by atoms with Crippen LogP contribution in [-0.4, -0.2) is 53.1 Å². The van der Waals surface area contributed by atoms with Crippen molar-refractivity contribution in [1.29, 1.82) is 0 Å². The van der Waals surface area contributed by atoms with Crippen LogP contribution >= 0.6 is 12.4 Å². The molecular weight excluding hydrogens is 334 g/mol. The minimum absolute atomic E-state index is 0. The van der Waals surface area contributed by atoms with Crippen molar-refractivity contribution in [2.24, 2.45) is 5.92 Å². The van der Waals surface area contributed by atoms with Crippen LogP contribution in [0.4, 0.5) is 0 Å². The number of hydrogen-bond acceptors (Lipinski definition) is 6. The van der Waals surface area contributed by atoms with Gasteiger partial charge in [0, 0.05) is 0 Å². The summed E-state index contributed by atoms with van der Waals surface area (Å²) in [4.78, 5) is 24.2. The summed E-state index contributed by atoms with van der Waals surface area (Å²) in [6.45, 7) is 7.40. The number of rotatable bonds is 5. The third-order valence-corrected chi connectivity index (χ3v) is 4.21. The number of aromatic nitrogens is 3. The van der Waals surface area contributed by atoms with Crippen LogP contribution in [0.2, 0.25) is 0 Å². The maximum atomic E-state index is 12.4. The van der Waals surface area contributed by atoms with E-state index in [-0.39, 0.29) is 30.1 Å². The van der Waals surface area contributed by atoms with Crippen LogP contribution in [0, 0.1) is 12.8 Å². The molecule has 1 atom stereocenters. The quantitative estimate of drug-likeness (QED) is 0.757. The van der Waals surface area contributed by atoms with E-state index in [0.717, 1.165) is 31.6 Å². The third-order valence-electron chi connectivity index (χ3n) is 4.21. The van der Waals surface area contributed by atoms with Crippen molar-refractivity contribution in [3.05, 3.63) is 11.4 Å². The lowest BCUT2D eigenvalue weighted by Gasteiger charge is -2.23. The number of ether oxygens (including phenoxy) is 1. The summed E-state index contributed by atoms with van der Waals surface area (Å²) in [5, 5.41) is 14.2. The summed E-state index contributed by atoms with van der Waals surface area (Å²) < 4.78 is 6.56. The molecule has 2 rings (SSSR count). The first-order valence-corrected chi connectivity index (χ1v) is 7.97. The van der Waals surface area contributed by atoms with Crippen molar-refractivity contribution in [3.8, 4) is 0 Å². The van der Waals surface area contributed by atoms with Gasteiger partial charge in [0.1, 0.15) is 6.04 Å². The first-order valence-electron chi connectivity index (χ1n) is 7.97. The van der Waals surface area contributed by atoms with E-state index in [1.54, 1.807) is 0 Å². The van der Waals surface area contributed by atoms with E-state index >= 15 is 0 Å². The Labute approximate surface area is 148 Å². The van der Waals surface area contributed by atoms with Crippen molar-refractivity contribution < 1.29 is 14.3 Å².